The van der Waals surface area contributed by atoms with Crippen molar-refractivity contribution >= 4 is 5.82 Å². The van der Waals surface area contributed by atoms with E-state index in [0.29, 0.717) is 5.56 Å². The smallest absolute Gasteiger partial charge is 0.423 e. The second-order valence-corrected chi connectivity index (χ2v) is 5.41. The Morgan fingerprint density at radius 1 is 1.16 bits per heavy atom. The summed E-state index contributed by atoms with van der Waals surface area (Å²) in [5, 5.41) is 0. The number of nitrogens with one attached hydrogen (secondary N) is 1. The quantitative estimate of drug-likeness (QED) is 0.470. The predicted molar refractivity (Wildman–Crippen MR) is 83.3 cm³/mol. The summed E-state index contributed by atoms with van der Waals surface area (Å²) in [6.45, 7) is 1.38. The topological polar surface area (TPSA) is 69.4 Å². The molecule has 1 aromatic carbocycles. The van der Waals surface area contributed by atoms with Gasteiger partial charge >= 0.3 is 6.18 Å². The number of alkyl halides is 3. The van der Waals surface area contributed by atoms with Gasteiger partial charge in [-0.1, -0.05) is 12.1 Å². The van der Waals surface area contributed by atoms with Gasteiger partial charge in [-0.2, -0.15) is 13.2 Å². The zero-order valence-electron chi connectivity index (χ0n) is 13.5. The molecule has 136 valence electrons. The normalized spacial score (nSPS) is 14.0. The number of nitrogen functional groups attached to an aromatic ring is 1. The summed E-state index contributed by atoms with van der Waals surface area (Å²) >= 11 is 0. The molecule has 0 saturated heterocycles. The number of halogens is 4. The zero-order chi connectivity index (χ0) is 18.7. The van der Waals surface area contributed by atoms with Crippen molar-refractivity contribution in [3.63, 3.8) is 0 Å². The number of hydrogen-bond acceptors (Lipinski definition) is 5. The summed E-state index contributed by atoms with van der Waals surface area (Å²) in [4.78, 5) is 3.55. The standard InChI is InChI=1S/C16H17F4N3O2/c1-15(24-2,10-3-5-11(17)6-4-10)9-25-12-7-8-22-14(23-21)13(12)16(18,19)20/h3-8H,9,21H2,1-2H3,(H,22,23). The first-order valence-electron chi connectivity index (χ1n) is 7.18. The van der Waals surface area contributed by atoms with E-state index >= 15 is 0 Å². The highest BCUT2D eigenvalue weighted by atomic mass is 19.4. The Bertz CT molecular complexity index is 722. The van der Waals surface area contributed by atoms with E-state index in [0.717, 1.165) is 12.3 Å². The molecule has 0 bridgehead atoms. The molecule has 0 aliphatic heterocycles. The van der Waals surface area contributed by atoms with Crippen LogP contribution in [0.1, 0.15) is 18.1 Å². The third kappa shape index (κ3) is 4.18. The molecule has 25 heavy (non-hydrogen) atoms. The van der Waals surface area contributed by atoms with Gasteiger partial charge < -0.3 is 14.9 Å². The highest BCUT2D eigenvalue weighted by molar-refractivity contribution is 5.52. The molecule has 2 rings (SSSR count). The molecule has 1 aromatic heterocycles. The van der Waals surface area contributed by atoms with Crippen LogP contribution < -0.4 is 16.0 Å². The van der Waals surface area contributed by atoms with Crippen molar-refractivity contribution in [2.24, 2.45) is 5.84 Å². The van der Waals surface area contributed by atoms with Crippen LogP contribution in [0.4, 0.5) is 23.4 Å². The largest absolute Gasteiger partial charge is 0.489 e. The predicted octanol–water partition coefficient (Wildman–Crippen LogP) is 3.47. The van der Waals surface area contributed by atoms with E-state index in [1.54, 1.807) is 6.92 Å². The summed E-state index contributed by atoms with van der Waals surface area (Å²) in [7, 11) is 1.39. The van der Waals surface area contributed by atoms with E-state index in [9.17, 15) is 17.6 Å². The van der Waals surface area contributed by atoms with Crippen molar-refractivity contribution in [1.82, 2.24) is 4.98 Å². The van der Waals surface area contributed by atoms with Crippen LogP contribution in [0.15, 0.2) is 36.5 Å². The number of pyridine rings is 1. The second kappa shape index (κ2) is 7.24. The Kier molecular flexibility index (Phi) is 5.48. The maximum absolute atomic E-state index is 13.3. The van der Waals surface area contributed by atoms with Crippen molar-refractivity contribution in [2.75, 3.05) is 19.1 Å². The van der Waals surface area contributed by atoms with Gasteiger partial charge in [0.2, 0.25) is 0 Å². The first-order chi connectivity index (χ1) is 11.7. The maximum atomic E-state index is 13.3. The molecule has 0 aliphatic rings. The molecular formula is C16H17F4N3O2. The van der Waals surface area contributed by atoms with E-state index in [-0.39, 0.29) is 6.61 Å². The van der Waals surface area contributed by atoms with Crippen LogP contribution in [0, 0.1) is 5.82 Å². The van der Waals surface area contributed by atoms with Crippen LogP contribution in [0.3, 0.4) is 0 Å². The number of benzene rings is 1. The molecular weight excluding hydrogens is 342 g/mol. The fourth-order valence-corrected chi connectivity index (χ4v) is 2.23. The number of aromatic nitrogens is 1. The monoisotopic (exact) mass is 359 g/mol. The molecule has 0 aliphatic carbocycles. The first-order valence-corrected chi connectivity index (χ1v) is 7.18. The van der Waals surface area contributed by atoms with Gasteiger partial charge in [0.15, 0.2) is 5.82 Å². The lowest BCUT2D eigenvalue weighted by Crippen LogP contribution is -2.32. The number of hydrogen-bond donors (Lipinski definition) is 2. The lowest BCUT2D eigenvalue weighted by molar-refractivity contribution is -0.139. The molecule has 2 aromatic rings. The van der Waals surface area contributed by atoms with E-state index in [4.69, 9.17) is 15.3 Å². The van der Waals surface area contributed by atoms with Gasteiger partial charge in [0.25, 0.3) is 0 Å². The van der Waals surface area contributed by atoms with E-state index < -0.39 is 34.7 Å². The van der Waals surface area contributed by atoms with Gasteiger partial charge in [0.05, 0.1) is 0 Å². The molecule has 1 heterocycles. The van der Waals surface area contributed by atoms with Gasteiger partial charge in [-0.15, -0.1) is 0 Å². The lowest BCUT2D eigenvalue weighted by Gasteiger charge is -2.29. The number of nitrogens with zero attached hydrogens (tertiary/aromatic N) is 1. The summed E-state index contributed by atoms with van der Waals surface area (Å²) in [5.74, 6) is 3.67. The highest BCUT2D eigenvalue weighted by Crippen LogP contribution is 2.40. The first kappa shape index (κ1) is 18.9. The van der Waals surface area contributed by atoms with Crippen LogP contribution in [-0.2, 0) is 16.5 Å². The Hall–Kier alpha value is -2.39. The van der Waals surface area contributed by atoms with E-state index in [2.05, 4.69) is 4.98 Å². The van der Waals surface area contributed by atoms with Crippen molar-refractivity contribution in [3.05, 3.63) is 53.5 Å². The van der Waals surface area contributed by atoms with Gasteiger partial charge in [0.1, 0.15) is 29.3 Å². The number of methoxy groups -OCH3 is 1. The van der Waals surface area contributed by atoms with Gasteiger partial charge in [0, 0.05) is 13.3 Å². The fraction of sp³-hybridized carbons (Fsp3) is 0.312. The van der Waals surface area contributed by atoms with Gasteiger partial charge in [-0.25, -0.2) is 15.2 Å². The SMILES string of the molecule is COC(C)(COc1ccnc(NN)c1C(F)(F)F)c1ccc(F)cc1. The Morgan fingerprint density at radius 2 is 1.80 bits per heavy atom. The van der Waals surface area contributed by atoms with Crippen LogP contribution >= 0.6 is 0 Å². The minimum Gasteiger partial charge on any atom is -0.489 e. The number of ether oxygens (including phenoxy) is 2. The molecule has 3 N–H and O–H groups in total. The van der Waals surface area contributed by atoms with Crippen LogP contribution in [0.5, 0.6) is 5.75 Å². The summed E-state index contributed by atoms with van der Waals surface area (Å²) < 4.78 is 63.7. The molecule has 5 nitrogen and oxygen atoms in total. The highest BCUT2D eigenvalue weighted by Gasteiger charge is 2.39. The third-order valence-corrected chi connectivity index (χ3v) is 3.74. The molecule has 0 spiro atoms. The van der Waals surface area contributed by atoms with E-state index in [1.807, 2.05) is 5.43 Å². The van der Waals surface area contributed by atoms with E-state index in [1.165, 1.54) is 31.4 Å². The average molecular weight is 359 g/mol. The summed E-state index contributed by atoms with van der Waals surface area (Å²) in [6, 6.07) is 6.51. The Labute approximate surface area is 141 Å². The van der Waals surface area contributed by atoms with Crippen molar-refractivity contribution < 1.29 is 27.0 Å². The molecule has 0 amide bonds. The van der Waals surface area contributed by atoms with Crippen LogP contribution in [0.25, 0.3) is 0 Å². The third-order valence-electron chi connectivity index (χ3n) is 3.74. The van der Waals surface area contributed by atoms with Gasteiger partial charge in [-0.05, 0) is 30.7 Å². The fourth-order valence-electron chi connectivity index (χ4n) is 2.23. The molecule has 0 radical (unpaired) electrons. The van der Waals surface area contributed by atoms with Crippen molar-refractivity contribution in [1.29, 1.82) is 0 Å². The van der Waals surface area contributed by atoms with Crippen molar-refractivity contribution in [3.8, 4) is 5.75 Å². The zero-order valence-corrected chi connectivity index (χ0v) is 13.5. The maximum Gasteiger partial charge on any atom is 0.423 e. The molecule has 9 heteroatoms. The number of anilines is 1. The summed E-state index contributed by atoms with van der Waals surface area (Å²) in [5.41, 5.74) is 0.257. The lowest BCUT2D eigenvalue weighted by atomic mass is 9.96. The number of rotatable bonds is 6. The molecule has 0 fully saturated rings. The second-order valence-electron chi connectivity index (χ2n) is 5.41. The Balaban J connectivity index is 2.32. The van der Waals surface area contributed by atoms with Gasteiger partial charge in [-0.3, -0.25) is 0 Å². The number of nitrogens with two attached hydrogens (primary N) is 1. The van der Waals surface area contributed by atoms with Crippen molar-refractivity contribution in [2.45, 2.75) is 18.7 Å². The number of hydrazine groups is 1. The van der Waals surface area contributed by atoms with Crippen LogP contribution in [-0.4, -0.2) is 18.7 Å². The molecule has 1 atom stereocenters. The average Bonchev–Trinajstić information content (AvgIpc) is 2.59. The van der Waals surface area contributed by atoms with Crippen LogP contribution in [0.2, 0.25) is 0 Å². The summed E-state index contributed by atoms with van der Waals surface area (Å²) in [6.07, 6.45) is -3.58. The minimum absolute atomic E-state index is 0.244. The molecule has 0 saturated carbocycles. The molecule has 1 unspecified atom stereocenters. The minimum atomic E-state index is -4.72. The Morgan fingerprint density at radius 3 is 2.32 bits per heavy atom.